The van der Waals surface area contributed by atoms with Crippen molar-refractivity contribution in [2.45, 2.75) is 129 Å². The van der Waals surface area contributed by atoms with Crippen LogP contribution in [0, 0.1) is 0 Å². The lowest BCUT2D eigenvalue weighted by Gasteiger charge is -2.51. The summed E-state index contributed by atoms with van der Waals surface area (Å²) < 4.78 is 39.0. The van der Waals surface area contributed by atoms with Crippen molar-refractivity contribution in [3.8, 4) is 0 Å². The van der Waals surface area contributed by atoms with Crippen LogP contribution in [0.15, 0.2) is 0 Å². The van der Waals surface area contributed by atoms with Gasteiger partial charge in [-0.15, -0.1) is 0 Å². The van der Waals surface area contributed by atoms with Gasteiger partial charge in [-0.25, -0.2) is 0 Å². The number of carbonyl (C=O) groups is 1. The molecule has 0 aromatic heterocycles. The summed E-state index contributed by atoms with van der Waals surface area (Å²) >= 11 is 0. The quantitative estimate of drug-likeness (QED) is 0.368. The van der Waals surface area contributed by atoms with Gasteiger partial charge in [-0.3, -0.25) is 4.79 Å². The maximum Gasteiger partial charge on any atom is 0.305 e. The van der Waals surface area contributed by atoms with Gasteiger partial charge in [-0.1, -0.05) is 48.5 Å². The molecule has 1 heterocycles. The molecule has 1 saturated heterocycles. The molecule has 0 saturated carbocycles. The average molecular weight is 464 g/mol. The number of carbonyl (C=O) groups excluding carboxylic acids is 1. The molecule has 1 fully saturated rings. The molecule has 6 atom stereocenters. The summed E-state index contributed by atoms with van der Waals surface area (Å²) in [5, 5.41) is -0.0757. The zero-order chi connectivity index (χ0) is 24.6. The summed E-state index contributed by atoms with van der Waals surface area (Å²) in [4.78, 5) is 12.4. The van der Waals surface area contributed by atoms with Gasteiger partial charge in [0, 0.05) is 14.9 Å². The molecule has 0 aromatic carbocycles. The molecule has 0 aliphatic carbocycles. The minimum Gasteiger partial charge on any atom is -0.457 e. The van der Waals surface area contributed by atoms with Crippen LogP contribution < -0.4 is 0 Å². The fourth-order valence-corrected chi connectivity index (χ4v) is 5.40. The van der Waals surface area contributed by atoms with E-state index in [1.807, 2.05) is 6.92 Å². The summed E-state index contributed by atoms with van der Waals surface area (Å²) in [7, 11) is -2.89. The second kappa shape index (κ2) is 9.71. The molecule has 0 spiro atoms. The summed E-state index contributed by atoms with van der Waals surface area (Å²) in [6, 6.07) is 0. The van der Waals surface area contributed by atoms with Gasteiger partial charge in [0.15, 0.2) is 29.0 Å². The number of hydrogen-bond acceptors (Lipinski definition) is 6. The Kier molecular flexibility index (Phi) is 8.41. The lowest BCUT2D eigenvalue weighted by atomic mass is 9.99. The fraction of sp³-hybridized carbons (Fsp3) is 0.955. The molecule has 2 unspecified atom stereocenters. The highest BCUT2D eigenvalue weighted by Gasteiger charge is 2.54. The molecule has 1 aliphatic rings. The van der Waals surface area contributed by atoms with E-state index in [1.165, 1.54) is 6.92 Å². The molecular weight excluding hydrogens is 416 g/mol. The molecule has 0 bridgehead atoms. The van der Waals surface area contributed by atoms with Crippen molar-refractivity contribution in [2.75, 3.05) is 7.11 Å². The lowest BCUT2D eigenvalue weighted by Crippen LogP contribution is -2.65. The van der Waals surface area contributed by atoms with Gasteiger partial charge in [0.25, 0.3) is 0 Å². The van der Waals surface area contributed by atoms with Gasteiger partial charge in [-0.2, -0.15) is 0 Å². The minimum atomic E-state index is -2.26. The SMILES string of the molecule is [2H]C(C)C(=O)O[C@H]1[C@H](O[Si](C)(C)C(C)(C)C)[C@@H](O[Si](C)(C)C(C)(C)C)C(OC)O[C@@H]1C. The second-order valence-corrected chi connectivity index (χ2v) is 20.8. The molecule has 178 valence electrons. The van der Waals surface area contributed by atoms with Crippen LogP contribution in [-0.2, 0) is 27.9 Å². The van der Waals surface area contributed by atoms with E-state index in [2.05, 4.69) is 67.7 Å². The Morgan fingerprint density at radius 2 is 1.37 bits per heavy atom. The Balaban J connectivity index is 3.48. The van der Waals surface area contributed by atoms with Crippen LogP contribution in [0.3, 0.4) is 0 Å². The van der Waals surface area contributed by atoms with Crippen molar-refractivity contribution >= 4 is 22.6 Å². The van der Waals surface area contributed by atoms with E-state index in [-0.39, 0.29) is 10.1 Å². The van der Waals surface area contributed by atoms with Crippen LogP contribution in [-0.4, -0.2) is 60.4 Å². The second-order valence-electron chi connectivity index (χ2n) is 11.3. The van der Waals surface area contributed by atoms with E-state index in [9.17, 15) is 4.79 Å². The predicted molar refractivity (Wildman–Crippen MR) is 126 cm³/mol. The zero-order valence-corrected chi connectivity index (χ0v) is 23.4. The standard InChI is InChI=1S/C22H46O6Si2/c1-14-16(23)26-17-15(2)25-20(24-9)19(28-30(12,13)22(6,7)8)18(17)27-29(10,11)21(3,4)5/h15,17-20H,14H2,1-13H3/t15-,17-,18+,19-,20?/m1/s1/i14D/t14?,15-,17-,18+,19-,20?. The van der Waals surface area contributed by atoms with Crippen LogP contribution in [0.25, 0.3) is 0 Å². The van der Waals surface area contributed by atoms with E-state index in [0.717, 1.165) is 0 Å². The van der Waals surface area contributed by atoms with Crippen molar-refractivity contribution in [2.24, 2.45) is 0 Å². The van der Waals surface area contributed by atoms with E-state index in [1.54, 1.807) is 7.11 Å². The third-order valence-electron chi connectivity index (χ3n) is 6.92. The first-order chi connectivity index (χ1) is 13.7. The number of rotatable bonds is 7. The zero-order valence-electron chi connectivity index (χ0n) is 22.4. The monoisotopic (exact) mass is 463 g/mol. The Morgan fingerprint density at radius 3 is 1.73 bits per heavy atom. The van der Waals surface area contributed by atoms with E-state index < -0.39 is 59.7 Å². The summed E-state index contributed by atoms with van der Waals surface area (Å²) in [6.45, 7) is 25.1. The molecule has 1 rings (SSSR count). The topological polar surface area (TPSA) is 63.2 Å². The largest absolute Gasteiger partial charge is 0.457 e. The number of esters is 1. The Hall–Kier alpha value is -0.256. The van der Waals surface area contributed by atoms with Crippen molar-refractivity contribution in [1.82, 2.24) is 0 Å². The van der Waals surface area contributed by atoms with Crippen LogP contribution in [0.5, 0.6) is 0 Å². The predicted octanol–water partition coefficient (Wildman–Crippen LogP) is 5.48. The Morgan fingerprint density at radius 1 is 0.933 bits per heavy atom. The van der Waals surface area contributed by atoms with Gasteiger partial charge in [-0.05, 0) is 43.2 Å². The molecule has 0 amide bonds. The summed E-state index contributed by atoms with van der Waals surface area (Å²) in [5.41, 5.74) is 0. The van der Waals surface area contributed by atoms with E-state index >= 15 is 0 Å². The van der Waals surface area contributed by atoms with Crippen molar-refractivity contribution < 1.29 is 29.2 Å². The normalized spacial score (nSPS) is 30.6. The van der Waals surface area contributed by atoms with Crippen molar-refractivity contribution in [3.63, 3.8) is 0 Å². The van der Waals surface area contributed by atoms with Crippen molar-refractivity contribution in [3.05, 3.63) is 0 Å². The third kappa shape index (κ3) is 6.39. The first kappa shape index (κ1) is 26.0. The maximum atomic E-state index is 12.4. The van der Waals surface area contributed by atoms with E-state index in [0.29, 0.717) is 0 Å². The molecule has 0 aromatic rings. The van der Waals surface area contributed by atoms with Gasteiger partial charge in [0.05, 0.1) is 6.10 Å². The van der Waals surface area contributed by atoms with Gasteiger partial charge >= 0.3 is 5.97 Å². The van der Waals surface area contributed by atoms with Crippen molar-refractivity contribution in [1.29, 1.82) is 0 Å². The average Bonchev–Trinajstić information content (AvgIpc) is 2.57. The highest BCUT2D eigenvalue weighted by atomic mass is 28.4. The van der Waals surface area contributed by atoms with E-state index in [4.69, 9.17) is 24.4 Å². The first-order valence-corrected chi connectivity index (χ1v) is 16.7. The minimum absolute atomic E-state index is 0.0300. The summed E-state index contributed by atoms with van der Waals surface area (Å²) in [5.74, 6) is -0.591. The number of methoxy groups -OCH3 is 1. The summed E-state index contributed by atoms with van der Waals surface area (Å²) in [6.07, 6.45) is -3.86. The third-order valence-corrected chi connectivity index (χ3v) is 15.9. The number of hydrogen-bond donors (Lipinski definition) is 0. The molecular formula is C22H46O6Si2. The van der Waals surface area contributed by atoms with Crippen LogP contribution in [0.2, 0.25) is 36.3 Å². The first-order valence-electron chi connectivity index (χ1n) is 11.5. The molecule has 6 nitrogen and oxygen atoms in total. The smallest absolute Gasteiger partial charge is 0.305 e. The number of ether oxygens (including phenoxy) is 3. The van der Waals surface area contributed by atoms with Crippen LogP contribution in [0.1, 0.15) is 63.2 Å². The molecule has 0 radical (unpaired) electrons. The highest BCUT2D eigenvalue weighted by molar-refractivity contribution is 6.74. The molecule has 0 N–H and O–H groups in total. The molecule has 8 heteroatoms. The maximum absolute atomic E-state index is 12.4. The fourth-order valence-electron chi connectivity index (χ4n) is 2.82. The molecule has 1 aliphatic heterocycles. The van der Waals surface area contributed by atoms with Gasteiger partial charge in [0.1, 0.15) is 12.2 Å². The molecule has 30 heavy (non-hydrogen) atoms. The van der Waals surface area contributed by atoms with Crippen LogP contribution in [0.4, 0.5) is 0 Å². The van der Waals surface area contributed by atoms with Gasteiger partial charge < -0.3 is 23.1 Å². The highest BCUT2D eigenvalue weighted by Crippen LogP contribution is 2.43. The Bertz CT molecular complexity index is 612. The van der Waals surface area contributed by atoms with Crippen LogP contribution >= 0.6 is 0 Å². The Labute approximate surface area is 188 Å². The lowest BCUT2D eigenvalue weighted by molar-refractivity contribution is -0.282. The van der Waals surface area contributed by atoms with Gasteiger partial charge in [0.2, 0.25) is 0 Å².